The lowest BCUT2D eigenvalue weighted by Crippen LogP contribution is -2.39. The minimum Gasteiger partial charge on any atom is -0.356 e. The van der Waals surface area contributed by atoms with Crippen LogP contribution in [0.15, 0.2) is 42.0 Å². The van der Waals surface area contributed by atoms with Gasteiger partial charge in [0.2, 0.25) is 0 Å². The Bertz CT molecular complexity index is 681. The third-order valence-electron chi connectivity index (χ3n) is 4.22. The Hall–Kier alpha value is -1.64. The number of aliphatic imine (C=N–C) groups is 1. The maximum atomic E-state index is 4.37. The summed E-state index contributed by atoms with van der Waals surface area (Å²) < 4.78 is 2.05. The lowest BCUT2D eigenvalue weighted by molar-refractivity contribution is 0.454. The van der Waals surface area contributed by atoms with Crippen molar-refractivity contribution in [1.82, 2.24) is 24.8 Å². The first-order chi connectivity index (χ1) is 12.3. The van der Waals surface area contributed by atoms with Gasteiger partial charge in [0, 0.05) is 39.8 Å². The molecule has 2 heterocycles. The van der Waals surface area contributed by atoms with Gasteiger partial charge in [0.05, 0.1) is 0 Å². The maximum Gasteiger partial charge on any atom is 0.193 e. The van der Waals surface area contributed by atoms with Gasteiger partial charge in [-0.15, -0.1) is 40.8 Å². The first kappa shape index (κ1) is 22.4. The van der Waals surface area contributed by atoms with Gasteiger partial charge in [0.25, 0.3) is 0 Å². The highest BCUT2D eigenvalue weighted by atomic mass is 127. The molecule has 0 atom stereocenters. The van der Waals surface area contributed by atoms with Gasteiger partial charge in [-0.2, -0.15) is 0 Å². The van der Waals surface area contributed by atoms with Crippen LogP contribution < -0.4 is 5.32 Å². The maximum absolute atomic E-state index is 4.37. The van der Waals surface area contributed by atoms with Crippen LogP contribution >= 0.6 is 24.0 Å². The van der Waals surface area contributed by atoms with E-state index in [2.05, 4.69) is 39.0 Å². The van der Waals surface area contributed by atoms with E-state index in [1.165, 1.54) is 19.3 Å². The standard InChI is InChI=1S/C19H30N6.HI/c1-4-5-6-7-9-15-24(3)19(20-2)21-14-11-13-18-23-22-17-12-8-10-16-25(17)18;/h4,8,10,12,16H,1,5-7,9,11,13-15H2,2-3H3,(H,20,21);1H. The summed E-state index contributed by atoms with van der Waals surface area (Å²) in [7, 11) is 3.93. The second-order valence-electron chi connectivity index (χ2n) is 6.18. The Kier molecular flexibility index (Phi) is 10.9. The predicted molar refractivity (Wildman–Crippen MR) is 119 cm³/mol. The lowest BCUT2D eigenvalue weighted by atomic mass is 10.2. The third-order valence-corrected chi connectivity index (χ3v) is 4.22. The summed E-state index contributed by atoms with van der Waals surface area (Å²) in [6.07, 6.45) is 10.6. The fraction of sp³-hybridized carbons (Fsp3) is 0.526. The topological polar surface area (TPSA) is 57.8 Å². The zero-order valence-corrected chi connectivity index (χ0v) is 18.2. The summed E-state index contributed by atoms with van der Waals surface area (Å²) in [5.41, 5.74) is 0.900. The highest BCUT2D eigenvalue weighted by molar-refractivity contribution is 14.0. The minimum atomic E-state index is 0. The zero-order valence-electron chi connectivity index (χ0n) is 15.9. The molecule has 2 rings (SSSR count). The quantitative estimate of drug-likeness (QED) is 0.190. The largest absolute Gasteiger partial charge is 0.356 e. The summed E-state index contributed by atoms with van der Waals surface area (Å²) in [4.78, 5) is 6.56. The van der Waals surface area contributed by atoms with E-state index in [9.17, 15) is 0 Å². The van der Waals surface area contributed by atoms with Crippen molar-refractivity contribution in [2.24, 2.45) is 4.99 Å². The van der Waals surface area contributed by atoms with Crippen molar-refractivity contribution in [3.8, 4) is 0 Å². The van der Waals surface area contributed by atoms with E-state index in [1.54, 1.807) is 0 Å². The number of allylic oxidation sites excluding steroid dienone is 1. The molecule has 0 aliphatic rings. The minimum absolute atomic E-state index is 0. The van der Waals surface area contributed by atoms with Crippen LogP contribution in [0.2, 0.25) is 0 Å². The van der Waals surface area contributed by atoms with Crippen LogP contribution in [0.4, 0.5) is 0 Å². The van der Waals surface area contributed by atoms with Gasteiger partial charge in [0.1, 0.15) is 5.82 Å². The highest BCUT2D eigenvalue weighted by Crippen LogP contribution is 2.05. The van der Waals surface area contributed by atoms with E-state index in [-0.39, 0.29) is 24.0 Å². The van der Waals surface area contributed by atoms with Crippen molar-refractivity contribution in [3.63, 3.8) is 0 Å². The van der Waals surface area contributed by atoms with E-state index in [1.807, 2.05) is 41.9 Å². The van der Waals surface area contributed by atoms with Crippen LogP contribution in [0.1, 0.15) is 37.9 Å². The van der Waals surface area contributed by atoms with Crippen LogP contribution in [0.5, 0.6) is 0 Å². The number of guanidine groups is 1. The average molecular weight is 470 g/mol. The molecule has 26 heavy (non-hydrogen) atoms. The van der Waals surface area contributed by atoms with Crippen molar-refractivity contribution in [2.45, 2.75) is 38.5 Å². The highest BCUT2D eigenvalue weighted by Gasteiger charge is 2.07. The molecule has 0 aliphatic carbocycles. The molecular weight excluding hydrogens is 439 g/mol. The number of aromatic nitrogens is 3. The smallest absolute Gasteiger partial charge is 0.193 e. The second kappa shape index (κ2) is 12.7. The molecule has 0 aromatic carbocycles. The van der Waals surface area contributed by atoms with E-state index in [0.717, 1.165) is 49.8 Å². The second-order valence-corrected chi connectivity index (χ2v) is 6.18. The van der Waals surface area contributed by atoms with Crippen molar-refractivity contribution in [1.29, 1.82) is 0 Å². The number of halogens is 1. The van der Waals surface area contributed by atoms with Crippen molar-refractivity contribution >= 4 is 35.6 Å². The van der Waals surface area contributed by atoms with Crippen molar-refractivity contribution < 1.29 is 0 Å². The fourth-order valence-corrected chi connectivity index (χ4v) is 2.81. The van der Waals surface area contributed by atoms with E-state index < -0.39 is 0 Å². The molecule has 7 heteroatoms. The van der Waals surface area contributed by atoms with E-state index in [0.29, 0.717) is 0 Å². The number of aryl methyl sites for hydroxylation is 1. The van der Waals surface area contributed by atoms with E-state index in [4.69, 9.17) is 0 Å². The molecule has 0 amide bonds. The number of pyridine rings is 1. The molecule has 0 saturated carbocycles. The van der Waals surface area contributed by atoms with Crippen LogP contribution in [0.3, 0.4) is 0 Å². The Morgan fingerprint density at radius 2 is 2.12 bits per heavy atom. The van der Waals surface area contributed by atoms with Crippen LogP contribution in [-0.4, -0.2) is 52.6 Å². The van der Waals surface area contributed by atoms with Gasteiger partial charge < -0.3 is 10.2 Å². The molecule has 1 N–H and O–H groups in total. The number of unbranched alkanes of at least 4 members (excludes halogenated alkanes) is 3. The van der Waals surface area contributed by atoms with Gasteiger partial charge in [-0.25, -0.2) is 0 Å². The first-order valence-electron chi connectivity index (χ1n) is 9.07. The fourth-order valence-electron chi connectivity index (χ4n) is 2.81. The van der Waals surface area contributed by atoms with E-state index >= 15 is 0 Å². The monoisotopic (exact) mass is 470 g/mol. The van der Waals surface area contributed by atoms with Gasteiger partial charge in [-0.3, -0.25) is 9.39 Å². The SMILES string of the molecule is C=CCCCCCN(C)C(=NC)NCCCc1nnc2ccccn12.I. The van der Waals surface area contributed by atoms with Crippen LogP contribution in [0.25, 0.3) is 5.65 Å². The predicted octanol–water partition coefficient (Wildman–Crippen LogP) is 3.53. The number of rotatable bonds is 10. The zero-order chi connectivity index (χ0) is 17.9. The molecule has 0 spiro atoms. The van der Waals surface area contributed by atoms with Gasteiger partial charge in [-0.05, 0) is 37.8 Å². The van der Waals surface area contributed by atoms with Crippen molar-refractivity contribution in [2.75, 3.05) is 27.2 Å². The first-order valence-corrected chi connectivity index (χ1v) is 9.07. The Morgan fingerprint density at radius 1 is 1.27 bits per heavy atom. The molecule has 0 bridgehead atoms. The number of nitrogens with one attached hydrogen (secondary N) is 1. The summed E-state index contributed by atoms with van der Waals surface area (Å²) in [6, 6.07) is 5.96. The lowest BCUT2D eigenvalue weighted by Gasteiger charge is -2.22. The van der Waals surface area contributed by atoms with Crippen molar-refractivity contribution in [3.05, 3.63) is 42.9 Å². The molecule has 144 valence electrons. The summed E-state index contributed by atoms with van der Waals surface area (Å²) in [5.74, 6) is 1.96. The third kappa shape index (κ3) is 6.93. The summed E-state index contributed by atoms with van der Waals surface area (Å²) in [6.45, 7) is 5.65. The molecule has 2 aromatic rings. The number of nitrogens with zero attached hydrogens (tertiary/aromatic N) is 5. The van der Waals surface area contributed by atoms with Crippen LogP contribution in [0, 0.1) is 0 Å². The molecular formula is C19H31IN6. The summed E-state index contributed by atoms with van der Waals surface area (Å²) in [5, 5.41) is 11.9. The molecule has 6 nitrogen and oxygen atoms in total. The Labute approximate surface area is 173 Å². The normalized spacial score (nSPS) is 11.2. The average Bonchev–Trinajstić information content (AvgIpc) is 3.04. The van der Waals surface area contributed by atoms with Gasteiger partial charge >= 0.3 is 0 Å². The number of hydrogen-bond acceptors (Lipinski definition) is 3. The number of hydrogen-bond donors (Lipinski definition) is 1. The Morgan fingerprint density at radius 3 is 2.88 bits per heavy atom. The molecule has 0 radical (unpaired) electrons. The molecule has 0 unspecified atom stereocenters. The van der Waals surface area contributed by atoms with Gasteiger partial charge in [-0.1, -0.05) is 18.6 Å². The Balaban J connectivity index is 0.00000338. The number of fused-ring (bicyclic) bond motifs is 1. The molecule has 0 aliphatic heterocycles. The van der Waals surface area contributed by atoms with Gasteiger partial charge in [0.15, 0.2) is 11.6 Å². The molecule has 0 saturated heterocycles. The van der Waals surface area contributed by atoms with Crippen LogP contribution in [-0.2, 0) is 6.42 Å². The summed E-state index contributed by atoms with van der Waals surface area (Å²) >= 11 is 0. The molecule has 0 fully saturated rings. The molecule has 2 aromatic heterocycles.